The Kier molecular flexibility index (Phi) is 4.98. The Hall–Kier alpha value is -1.43. The van der Waals surface area contributed by atoms with Crippen molar-refractivity contribution in [3.63, 3.8) is 0 Å². The van der Waals surface area contributed by atoms with Crippen LogP contribution in [0.1, 0.15) is 44.3 Å². The number of nitrogens with one attached hydrogen (secondary N) is 1. The van der Waals surface area contributed by atoms with E-state index in [9.17, 15) is 9.59 Å². The lowest BCUT2D eigenvalue weighted by Crippen LogP contribution is -2.63. The van der Waals surface area contributed by atoms with Crippen molar-refractivity contribution in [2.45, 2.75) is 59.2 Å². The molecule has 1 aliphatic rings. The number of carbonyl (C=O) groups excluding carboxylic acids is 2. The van der Waals surface area contributed by atoms with E-state index < -0.39 is 6.04 Å². The van der Waals surface area contributed by atoms with Gasteiger partial charge in [0.25, 0.3) is 0 Å². The molecule has 0 radical (unpaired) electrons. The third-order valence-electron chi connectivity index (χ3n) is 3.68. The molecule has 5 nitrogen and oxygen atoms in total. The average Bonchev–Trinajstić information content (AvgIpc) is 2.82. The van der Waals surface area contributed by atoms with E-state index in [4.69, 9.17) is 0 Å². The maximum Gasteiger partial charge on any atom is 0.246 e. The molecule has 2 atom stereocenters. The van der Waals surface area contributed by atoms with Gasteiger partial charge >= 0.3 is 0 Å². The molecule has 1 aliphatic heterocycles. The van der Waals surface area contributed by atoms with E-state index in [0.29, 0.717) is 25.3 Å². The van der Waals surface area contributed by atoms with E-state index in [1.807, 2.05) is 19.2 Å². The van der Waals surface area contributed by atoms with Crippen molar-refractivity contribution in [3.05, 3.63) is 16.1 Å². The van der Waals surface area contributed by atoms with Crippen LogP contribution in [0.15, 0.2) is 5.38 Å². The minimum absolute atomic E-state index is 0.00778. The maximum absolute atomic E-state index is 12.6. The molecule has 2 unspecified atom stereocenters. The highest BCUT2D eigenvalue weighted by Crippen LogP contribution is 2.21. The molecule has 2 amide bonds. The smallest absolute Gasteiger partial charge is 0.246 e. The van der Waals surface area contributed by atoms with Crippen LogP contribution in [0.5, 0.6) is 0 Å². The molecule has 21 heavy (non-hydrogen) atoms. The fourth-order valence-electron chi connectivity index (χ4n) is 2.63. The third-order valence-corrected chi connectivity index (χ3v) is 4.50. The predicted molar refractivity (Wildman–Crippen MR) is 82.9 cm³/mol. The number of nitrogens with zero attached hydrogens (tertiary/aromatic N) is 2. The normalized spacial score (nSPS) is 22.8. The summed E-state index contributed by atoms with van der Waals surface area (Å²) in [6.07, 6.45) is 1.29. The van der Waals surface area contributed by atoms with Crippen molar-refractivity contribution in [2.24, 2.45) is 5.92 Å². The minimum Gasteiger partial charge on any atom is -0.343 e. The predicted octanol–water partition coefficient (Wildman–Crippen LogP) is 2.10. The van der Waals surface area contributed by atoms with Crippen LogP contribution < -0.4 is 5.32 Å². The second-order valence-corrected chi connectivity index (χ2v) is 7.00. The maximum atomic E-state index is 12.6. The molecule has 1 aromatic rings. The van der Waals surface area contributed by atoms with E-state index in [1.54, 1.807) is 16.2 Å². The highest BCUT2D eigenvalue weighted by molar-refractivity contribution is 7.09. The summed E-state index contributed by atoms with van der Waals surface area (Å²) in [7, 11) is 0. The van der Waals surface area contributed by atoms with Gasteiger partial charge in [0.1, 0.15) is 12.1 Å². The molecule has 0 saturated carbocycles. The number of thiazole rings is 1. The Morgan fingerprint density at radius 2 is 2.14 bits per heavy atom. The monoisotopic (exact) mass is 309 g/mol. The van der Waals surface area contributed by atoms with Crippen LogP contribution >= 0.6 is 11.3 Å². The van der Waals surface area contributed by atoms with Gasteiger partial charge in [-0.05, 0) is 25.7 Å². The van der Waals surface area contributed by atoms with E-state index >= 15 is 0 Å². The van der Waals surface area contributed by atoms with Crippen molar-refractivity contribution < 1.29 is 9.59 Å². The van der Waals surface area contributed by atoms with Gasteiger partial charge in [-0.2, -0.15) is 0 Å². The van der Waals surface area contributed by atoms with Crippen molar-refractivity contribution in [1.82, 2.24) is 15.2 Å². The molecule has 6 heteroatoms. The van der Waals surface area contributed by atoms with E-state index in [1.165, 1.54) is 0 Å². The molecule has 116 valence electrons. The van der Waals surface area contributed by atoms with Crippen molar-refractivity contribution in [3.8, 4) is 0 Å². The minimum atomic E-state index is -0.402. The van der Waals surface area contributed by atoms with Gasteiger partial charge in [-0.1, -0.05) is 20.8 Å². The Morgan fingerprint density at radius 1 is 1.43 bits per heavy atom. The standard InChI is InChI=1S/C15H23N3O2S/c1-5-12-15(20)18(7-11-8-21-10(4)16-11)13(6-9(2)3)14(19)17-12/h8-9,12-13H,5-7H2,1-4H3,(H,17,19). The van der Waals surface area contributed by atoms with Gasteiger partial charge in [0.05, 0.1) is 17.2 Å². The summed E-state index contributed by atoms with van der Waals surface area (Å²) in [5.41, 5.74) is 0.865. The molecular weight excluding hydrogens is 286 g/mol. The summed E-state index contributed by atoms with van der Waals surface area (Å²) in [6, 6.07) is -0.789. The fourth-order valence-corrected chi connectivity index (χ4v) is 3.23. The second kappa shape index (κ2) is 6.56. The van der Waals surface area contributed by atoms with Gasteiger partial charge in [0.15, 0.2) is 0 Å². The summed E-state index contributed by atoms with van der Waals surface area (Å²) in [4.78, 5) is 31.1. The Labute approximate surface area is 129 Å². The molecular formula is C15H23N3O2S. The van der Waals surface area contributed by atoms with Crippen LogP contribution in [0, 0.1) is 12.8 Å². The zero-order chi connectivity index (χ0) is 15.6. The molecule has 1 N–H and O–H groups in total. The number of rotatable bonds is 5. The Bertz CT molecular complexity index is 527. The molecule has 0 aromatic carbocycles. The molecule has 1 aromatic heterocycles. The van der Waals surface area contributed by atoms with Gasteiger partial charge in [-0.25, -0.2) is 4.98 Å². The third kappa shape index (κ3) is 3.61. The van der Waals surface area contributed by atoms with Gasteiger partial charge < -0.3 is 10.2 Å². The topological polar surface area (TPSA) is 62.3 Å². The number of amides is 2. The molecule has 0 spiro atoms. The SMILES string of the molecule is CCC1NC(=O)C(CC(C)C)N(Cc2csc(C)n2)C1=O. The van der Waals surface area contributed by atoms with Crippen molar-refractivity contribution in [2.75, 3.05) is 0 Å². The summed E-state index contributed by atoms with van der Waals surface area (Å²) in [6.45, 7) is 8.41. The van der Waals surface area contributed by atoms with E-state index in [-0.39, 0.29) is 17.9 Å². The van der Waals surface area contributed by atoms with Crippen LogP contribution in [0.3, 0.4) is 0 Å². The molecule has 1 fully saturated rings. The first-order valence-corrected chi connectivity index (χ1v) is 8.32. The first-order chi connectivity index (χ1) is 9.92. The molecule has 2 heterocycles. The highest BCUT2D eigenvalue weighted by atomic mass is 32.1. The first-order valence-electron chi connectivity index (χ1n) is 7.44. The molecule has 2 rings (SSSR count). The number of carbonyl (C=O) groups is 2. The van der Waals surface area contributed by atoms with E-state index in [2.05, 4.69) is 24.1 Å². The van der Waals surface area contributed by atoms with Crippen LogP contribution in [0.4, 0.5) is 0 Å². The Balaban J connectivity index is 2.23. The largest absolute Gasteiger partial charge is 0.343 e. The fraction of sp³-hybridized carbons (Fsp3) is 0.667. The van der Waals surface area contributed by atoms with Gasteiger partial charge in [-0.15, -0.1) is 11.3 Å². The summed E-state index contributed by atoms with van der Waals surface area (Å²) in [5.74, 6) is 0.321. The summed E-state index contributed by atoms with van der Waals surface area (Å²) >= 11 is 1.57. The number of hydrogen-bond acceptors (Lipinski definition) is 4. The van der Waals surface area contributed by atoms with Crippen LogP contribution in [-0.4, -0.2) is 33.8 Å². The Morgan fingerprint density at radius 3 is 2.67 bits per heavy atom. The average molecular weight is 309 g/mol. The number of aromatic nitrogens is 1. The molecule has 0 aliphatic carbocycles. The lowest BCUT2D eigenvalue weighted by Gasteiger charge is -2.39. The van der Waals surface area contributed by atoms with Crippen LogP contribution in [-0.2, 0) is 16.1 Å². The summed E-state index contributed by atoms with van der Waals surface area (Å²) < 4.78 is 0. The van der Waals surface area contributed by atoms with Crippen molar-refractivity contribution in [1.29, 1.82) is 0 Å². The van der Waals surface area contributed by atoms with Gasteiger partial charge in [0.2, 0.25) is 11.8 Å². The zero-order valence-electron chi connectivity index (χ0n) is 13.0. The van der Waals surface area contributed by atoms with Crippen LogP contribution in [0.25, 0.3) is 0 Å². The quantitative estimate of drug-likeness (QED) is 0.906. The zero-order valence-corrected chi connectivity index (χ0v) is 13.9. The van der Waals surface area contributed by atoms with E-state index in [0.717, 1.165) is 10.7 Å². The van der Waals surface area contributed by atoms with Gasteiger partial charge in [0, 0.05) is 5.38 Å². The molecule has 1 saturated heterocycles. The van der Waals surface area contributed by atoms with Crippen LogP contribution in [0.2, 0.25) is 0 Å². The highest BCUT2D eigenvalue weighted by Gasteiger charge is 2.39. The molecule has 0 bridgehead atoms. The number of hydrogen-bond donors (Lipinski definition) is 1. The first kappa shape index (κ1) is 15.9. The van der Waals surface area contributed by atoms with Gasteiger partial charge in [-0.3, -0.25) is 9.59 Å². The number of aryl methyl sites for hydroxylation is 1. The second-order valence-electron chi connectivity index (χ2n) is 5.94. The summed E-state index contributed by atoms with van der Waals surface area (Å²) in [5, 5.41) is 5.78. The lowest BCUT2D eigenvalue weighted by atomic mass is 9.97. The van der Waals surface area contributed by atoms with Crippen molar-refractivity contribution >= 4 is 23.2 Å². The lowest BCUT2D eigenvalue weighted by molar-refractivity contribution is -0.150. The number of piperazine rings is 1.